The second-order valence-corrected chi connectivity index (χ2v) is 6.68. The van der Waals surface area contributed by atoms with E-state index in [1.165, 1.54) is 0 Å². The van der Waals surface area contributed by atoms with Crippen LogP contribution < -0.4 is 10.1 Å². The second kappa shape index (κ2) is 8.53. The average Bonchev–Trinajstić information content (AvgIpc) is 2.62. The molecule has 0 aliphatic carbocycles. The Balaban J connectivity index is 1.56. The van der Waals surface area contributed by atoms with Crippen molar-refractivity contribution >= 4 is 12.0 Å². The van der Waals surface area contributed by atoms with Gasteiger partial charge in [-0.05, 0) is 32.0 Å². The number of ether oxygens (including phenoxy) is 2. The smallest absolute Gasteiger partial charge is 0.407 e. The van der Waals surface area contributed by atoms with Gasteiger partial charge in [0.15, 0.2) is 0 Å². The lowest BCUT2D eigenvalue weighted by Crippen LogP contribution is -2.56. The van der Waals surface area contributed by atoms with E-state index in [2.05, 4.69) is 10.3 Å². The molecule has 0 bridgehead atoms. The summed E-state index contributed by atoms with van der Waals surface area (Å²) in [6.07, 6.45) is 2.69. The molecule has 1 fully saturated rings. The van der Waals surface area contributed by atoms with E-state index in [0.717, 1.165) is 5.56 Å². The maximum atomic E-state index is 12.7. The minimum Gasteiger partial charge on any atom is -0.488 e. The summed E-state index contributed by atoms with van der Waals surface area (Å²) in [5.41, 5.74) is 1.42. The number of aromatic nitrogens is 1. The van der Waals surface area contributed by atoms with Gasteiger partial charge in [-0.2, -0.15) is 0 Å². The van der Waals surface area contributed by atoms with Gasteiger partial charge in [0.25, 0.3) is 5.91 Å². The highest BCUT2D eigenvalue weighted by molar-refractivity contribution is 5.97. The van der Waals surface area contributed by atoms with Gasteiger partial charge in [-0.25, -0.2) is 4.79 Å². The maximum absolute atomic E-state index is 12.7. The number of nitrogens with one attached hydrogen (secondary N) is 1. The van der Waals surface area contributed by atoms with Gasteiger partial charge in [0.1, 0.15) is 18.5 Å². The summed E-state index contributed by atoms with van der Waals surface area (Å²) in [6.45, 7) is 4.81. The van der Waals surface area contributed by atoms with Crippen molar-refractivity contribution < 1.29 is 19.1 Å². The quantitative estimate of drug-likeness (QED) is 0.847. The lowest BCUT2D eigenvalue weighted by atomic mass is 10.1. The molecule has 1 aromatic heterocycles. The molecule has 0 radical (unpaired) electrons. The maximum Gasteiger partial charge on any atom is 0.407 e. The normalized spacial score (nSPS) is 13.8. The summed E-state index contributed by atoms with van der Waals surface area (Å²) < 4.78 is 11.1. The van der Waals surface area contributed by atoms with Crippen LogP contribution in [-0.4, -0.2) is 47.1 Å². The van der Waals surface area contributed by atoms with Gasteiger partial charge < -0.3 is 19.7 Å². The van der Waals surface area contributed by atoms with Crippen LogP contribution in [0, 0.1) is 0 Å². The molecule has 0 spiro atoms. The molecule has 1 N–H and O–H groups in total. The Morgan fingerprint density at radius 3 is 2.70 bits per heavy atom. The van der Waals surface area contributed by atoms with Crippen LogP contribution in [0.3, 0.4) is 0 Å². The van der Waals surface area contributed by atoms with Gasteiger partial charge in [0.05, 0.1) is 18.7 Å². The van der Waals surface area contributed by atoms with Crippen LogP contribution in [0.4, 0.5) is 4.79 Å². The van der Waals surface area contributed by atoms with Gasteiger partial charge in [-0.1, -0.05) is 18.2 Å². The zero-order valence-corrected chi connectivity index (χ0v) is 15.4. The first-order valence-corrected chi connectivity index (χ1v) is 8.90. The van der Waals surface area contributed by atoms with Crippen molar-refractivity contribution in [2.75, 3.05) is 13.1 Å². The zero-order valence-electron chi connectivity index (χ0n) is 15.4. The molecule has 7 nitrogen and oxygen atoms in total. The van der Waals surface area contributed by atoms with Crippen molar-refractivity contribution in [2.24, 2.45) is 0 Å². The minimum atomic E-state index is -0.456. The molecule has 0 saturated carbocycles. The lowest BCUT2D eigenvalue weighted by molar-refractivity contribution is -0.00720. The van der Waals surface area contributed by atoms with Crippen LogP contribution in [0.1, 0.15) is 29.8 Å². The summed E-state index contributed by atoms with van der Waals surface area (Å²) in [5.74, 6) is 0.383. The van der Waals surface area contributed by atoms with Crippen molar-refractivity contribution in [1.29, 1.82) is 0 Å². The third kappa shape index (κ3) is 4.97. The van der Waals surface area contributed by atoms with Crippen molar-refractivity contribution in [3.05, 3.63) is 59.9 Å². The predicted octanol–water partition coefficient (Wildman–Crippen LogP) is 2.62. The van der Waals surface area contributed by atoms with Crippen molar-refractivity contribution in [1.82, 2.24) is 15.2 Å². The summed E-state index contributed by atoms with van der Waals surface area (Å²) in [5, 5.41) is 2.67. The molecule has 1 saturated heterocycles. The van der Waals surface area contributed by atoms with Gasteiger partial charge >= 0.3 is 6.09 Å². The van der Waals surface area contributed by atoms with Gasteiger partial charge in [-0.3, -0.25) is 9.78 Å². The van der Waals surface area contributed by atoms with Crippen LogP contribution >= 0.6 is 0 Å². The fourth-order valence-electron chi connectivity index (χ4n) is 2.68. The molecule has 1 aromatic carbocycles. The van der Waals surface area contributed by atoms with Crippen molar-refractivity contribution in [2.45, 2.75) is 32.6 Å². The minimum absolute atomic E-state index is 0.0131. The largest absolute Gasteiger partial charge is 0.488 e. The highest BCUT2D eigenvalue weighted by Gasteiger charge is 2.35. The second-order valence-electron chi connectivity index (χ2n) is 6.68. The van der Waals surface area contributed by atoms with E-state index in [9.17, 15) is 9.59 Å². The standard InChI is InChI=1S/C20H23N3O4/c1-14(2)22-20(25)27-16-11-23(12-16)19(24)17-7-3-4-8-18(17)26-13-15-6-5-9-21-10-15/h3-10,14,16H,11-13H2,1-2H3,(H,22,25). The van der Waals surface area contributed by atoms with E-state index in [-0.39, 0.29) is 18.1 Å². The summed E-state index contributed by atoms with van der Waals surface area (Å²) in [7, 11) is 0. The van der Waals surface area contributed by atoms with Crippen molar-refractivity contribution in [3.8, 4) is 5.75 Å². The molecule has 7 heteroatoms. The Morgan fingerprint density at radius 2 is 2.00 bits per heavy atom. The number of hydrogen-bond donors (Lipinski definition) is 1. The number of carbonyl (C=O) groups is 2. The number of nitrogens with zero attached hydrogens (tertiary/aromatic N) is 2. The molecular weight excluding hydrogens is 346 g/mol. The summed E-state index contributed by atoms with van der Waals surface area (Å²) in [4.78, 5) is 30.1. The predicted molar refractivity (Wildman–Crippen MR) is 99.5 cm³/mol. The van der Waals surface area contributed by atoms with E-state index >= 15 is 0 Å². The summed E-state index contributed by atoms with van der Waals surface area (Å²) >= 11 is 0. The molecule has 2 amide bonds. The third-order valence-electron chi connectivity index (χ3n) is 4.05. The summed E-state index contributed by atoms with van der Waals surface area (Å²) in [6, 6.07) is 10.9. The van der Waals surface area contributed by atoms with Crippen LogP contribution in [0.2, 0.25) is 0 Å². The Hall–Kier alpha value is -3.09. The molecule has 142 valence electrons. The van der Waals surface area contributed by atoms with Crippen LogP contribution in [0.5, 0.6) is 5.75 Å². The van der Waals surface area contributed by atoms with Crippen LogP contribution in [-0.2, 0) is 11.3 Å². The first-order chi connectivity index (χ1) is 13.0. The molecule has 1 aliphatic heterocycles. The van der Waals surface area contributed by atoms with E-state index in [0.29, 0.717) is 31.0 Å². The number of likely N-dealkylation sites (tertiary alicyclic amines) is 1. The fourth-order valence-corrected chi connectivity index (χ4v) is 2.68. The highest BCUT2D eigenvalue weighted by atomic mass is 16.6. The first-order valence-electron chi connectivity index (χ1n) is 8.90. The SMILES string of the molecule is CC(C)NC(=O)OC1CN(C(=O)c2ccccc2OCc2cccnc2)C1. The molecule has 0 unspecified atom stereocenters. The van der Waals surface area contributed by atoms with Gasteiger partial charge in [-0.15, -0.1) is 0 Å². The number of benzene rings is 1. The third-order valence-corrected chi connectivity index (χ3v) is 4.05. The molecule has 2 aromatic rings. The number of amides is 2. The fraction of sp³-hybridized carbons (Fsp3) is 0.350. The Kier molecular flexibility index (Phi) is 5.90. The van der Waals surface area contributed by atoms with E-state index in [4.69, 9.17) is 9.47 Å². The molecular formula is C20H23N3O4. The number of carbonyl (C=O) groups excluding carboxylic acids is 2. The first kappa shape index (κ1) is 18.7. The van der Waals surface area contributed by atoms with Crippen LogP contribution in [0.15, 0.2) is 48.8 Å². The lowest BCUT2D eigenvalue weighted by Gasteiger charge is -2.38. The highest BCUT2D eigenvalue weighted by Crippen LogP contribution is 2.24. The zero-order chi connectivity index (χ0) is 19.2. The number of para-hydroxylation sites is 1. The monoisotopic (exact) mass is 369 g/mol. The Labute approximate surface area is 158 Å². The van der Waals surface area contributed by atoms with E-state index < -0.39 is 6.09 Å². The Bertz CT molecular complexity index is 789. The van der Waals surface area contributed by atoms with E-state index in [1.807, 2.05) is 32.0 Å². The molecule has 27 heavy (non-hydrogen) atoms. The Morgan fingerprint density at radius 1 is 1.22 bits per heavy atom. The number of alkyl carbamates (subject to hydrolysis) is 1. The number of rotatable bonds is 6. The molecule has 1 aliphatic rings. The number of pyridine rings is 1. The van der Waals surface area contributed by atoms with Crippen molar-refractivity contribution in [3.63, 3.8) is 0 Å². The molecule has 0 atom stereocenters. The van der Waals surface area contributed by atoms with Gasteiger partial charge in [0, 0.05) is 24.0 Å². The molecule has 2 heterocycles. The average molecular weight is 369 g/mol. The molecule has 3 rings (SSSR count). The van der Waals surface area contributed by atoms with E-state index in [1.54, 1.807) is 35.5 Å². The number of hydrogen-bond acceptors (Lipinski definition) is 5. The van der Waals surface area contributed by atoms with Gasteiger partial charge in [0.2, 0.25) is 0 Å². The van der Waals surface area contributed by atoms with Crippen LogP contribution in [0.25, 0.3) is 0 Å². The topological polar surface area (TPSA) is 80.8 Å².